The second kappa shape index (κ2) is 6.82. The summed E-state index contributed by atoms with van der Waals surface area (Å²) in [6.07, 6.45) is 7.18. The van der Waals surface area contributed by atoms with Crippen LogP contribution in [0.3, 0.4) is 0 Å². The molecule has 8 heteroatoms. The van der Waals surface area contributed by atoms with E-state index in [1.807, 2.05) is 0 Å². The van der Waals surface area contributed by atoms with E-state index < -0.39 is 5.91 Å². The lowest BCUT2D eigenvalue weighted by Crippen LogP contribution is -2.44. The Morgan fingerprint density at radius 3 is 2.61 bits per heavy atom. The molecule has 2 amide bonds. The van der Waals surface area contributed by atoms with Crippen LogP contribution < -0.4 is 5.73 Å². The van der Waals surface area contributed by atoms with E-state index in [4.69, 9.17) is 5.73 Å². The minimum absolute atomic E-state index is 0.0631. The Hall–Kier alpha value is -2.35. The molecular formula is C15H17N5O2S. The highest BCUT2D eigenvalue weighted by atomic mass is 32.1. The van der Waals surface area contributed by atoms with Crippen LogP contribution in [-0.2, 0) is 4.79 Å². The van der Waals surface area contributed by atoms with E-state index in [2.05, 4.69) is 15.0 Å². The fraction of sp³-hybridized carbons (Fsp3) is 0.400. The zero-order valence-corrected chi connectivity index (χ0v) is 13.3. The normalized spacial score (nSPS) is 14.8. The number of aromatic nitrogens is 3. The van der Waals surface area contributed by atoms with E-state index in [0.717, 1.165) is 25.7 Å². The van der Waals surface area contributed by atoms with Gasteiger partial charge in [0.1, 0.15) is 5.69 Å². The van der Waals surface area contributed by atoms with Gasteiger partial charge in [-0.25, -0.2) is 15.0 Å². The number of thiazole rings is 1. The molecule has 0 radical (unpaired) electrons. The molecule has 0 bridgehead atoms. The highest BCUT2D eigenvalue weighted by molar-refractivity contribution is 7.13. The molecule has 2 heterocycles. The van der Waals surface area contributed by atoms with Gasteiger partial charge in [-0.1, -0.05) is 12.8 Å². The summed E-state index contributed by atoms with van der Waals surface area (Å²) < 4.78 is 0. The number of primary amides is 1. The molecular weight excluding hydrogens is 314 g/mol. The Balaban J connectivity index is 1.82. The first-order valence-corrected chi connectivity index (χ1v) is 8.35. The Morgan fingerprint density at radius 1 is 1.26 bits per heavy atom. The van der Waals surface area contributed by atoms with E-state index in [-0.39, 0.29) is 18.5 Å². The highest BCUT2D eigenvalue weighted by Crippen LogP contribution is 2.26. The second-order valence-electron chi connectivity index (χ2n) is 5.45. The fourth-order valence-electron chi connectivity index (χ4n) is 2.78. The molecule has 0 spiro atoms. The zero-order chi connectivity index (χ0) is 16.2. The summed E-state index contributed by atoms with van der Waals surface area (Å²) in [4.78, 5) is 38.2. The smallest absolute Gasteiger partial charge is 0.274 e. The molecule has 1 aliphatic rings. The molecule has 2 aromatic heterocycles. The van der Waals surface area contributed by atoms with Gasteiger partial charge in [-0.2, -0.15) is 0 Å². The molecule has 23 heavy (non-hydrogen) atoms. The summed E-state index contributed by atoms with van der Waals surface area (Å²) in [6, 6.07) is 1.78. The van der Waals surface area contributed by atoms with Crippen LogP contribution in [0.2, 0.25) is 0 Å². The van der Waals surface area contributed by atoms with Gasteiger partial charge in [0.05, 0.1) is 6.54 Å². The second-order valence-corrected chi connectivity index (χ2v) is 6.31. The molecule has 0 aliphatic heterocycles. The van der Waals surface area contributed by atoms with Gasteiger partial charge in [-0.15, -0.1) is 11.3 Å². The monoisotopic (exact) mass is 331 g/mol. The average molecular weight is 331 g/mol. The summed E-state index contributed by atoms with van der Waals surface area (Å²) in [5.41, 5.74) is 5.61. The van der Waals surface area contributed by atoms with Crippen LogP contribution in [0.5, 0.6) is 0 Å². The molecule has 2 N–H and O–H groups in total. The Morgan fingerprint density at radius 2 is 1.96 bits per heavy atom. The summed E-state index contributed by atoms with van der Waals surface area (Å²) >= 11 is 1.31. The topological polar surface area (TPSA) is 102 Å². The Kier molecular flexibility index (Phi) is 4.61. The average Bonchev–Trinajstić information content (AvgIpc) is 3.24. The largest absolute Gasteiger partial charge is 0.368 e. The van der Waals surface area contributed by atoms with Crippen LogP contribution in [0.15, 0.2) is 23.8 Å². The summed E-state index contributed by atoms with van der Waals surface area (Å²) in [6.45, 7) is -0.0712. The maximum Gasteiger partial charge on any atom is 0.274 e. The van der Waals surface area contributed by atoms with Crippen molar-refractivity contribution in [1.29, 1.82) is 0 Å². The first-order chi connectivity index (χ1) is 11.1. The number of carbonyl (C=O) groups is 2. The molecule has 0 unspecified atom stereocenters. The predicted octanol–water partition coefficient (Wildman–Crippen LogP) is 1.47. The quantitative estimate of drug-likeness (QED) is 0.894. The van der Waals surface area contributed by atoms with Gasteiger partial charge in [0.15, 0.2) is 10.8 Å². The SMILES string of the molecule is NC(=O)CN(C(=O)c1csc(-c2ncccn2)n1)C1CCCC1. The van der Waals surface area contributed by atoms with Gasteiger partial charge in [0, 0.05) is 23.8 Å². The van der Waals surface area contributed by atoms with Crippen molar-refractivity contribution in [1.82, 2.24) is 19.9 Å². The third-order valence-electron chi connectivity index (χ3n) is 3.83. The standard InChI is InChI=1S/C15H17N5O2S/c16-12(21)8-20(10-4-1-2-5-10)15(22)11-9-23-14(19-11)13-17-6-3-7-18-13/h3,6-7,9-10H,1-2,4-5,8H2,(H2,16,21). The molecule has 0 atom stereocenters. The van der Waals surface area contributed by atoms with Crippen molar-refractivity contribution in [3.8, 4) is 10.8 Å². The van der Waals surface area contributed by atoms with Gasteiger partial charge in [-0.3, -0.25) is 9.59 Å². The summed E-state index contributed by atoms with van der Waals surface area (Å²) in [7, 11) is 0. The molecule has 7 nitrogen and oxygen atoms in total. The van der Waals surface area contributed by atoms with E-state index in [1.54, 1.807) is 28.7 Å². The van der Waals surface area contributed by atoms with Gasteiger partial charge in [0.2, 0.25) is 5.91 Å². The third-order valence-corrected chi connectivity index (χ3v) is 4.67. The highest BCUT2D eigenvalue weighted by Gasteiger charge is 2.30. The zero-order valence-electron chi connectivity index (χ0n) is 12.5. The number of hydrogen-bond acceptors (Lipinski definition) is 6. The van der Waals surface area contributed by atoms with Crippen molar-refractivity contribution in [2.75, 3.05) is 6.54 Å². The van der Waals surface area contributed by atoms with Gasteiger partial charge >= 0.3 is 0 Å². The third kappa shape index (κ3) is 3.53. The molecule has 120 valence electrons. The van der Waals surface area contributed by atoms with E-state index >= 15 is 0 Å². The predicted molar refractivity (Wildman–Crippen MR) is 85.6 cm³/mol. The van der Waals surface area contributed by atoms with E-state index in [9.17, 15) is 9.59 Å². The number of rotatable bonds is 5. The lowest BCUT2D eigenvalue weighted by molar-refractivity contribution is -0.119. The van der Waals surface area contributed by atoms with Crippen LogP contribution in [0.25, 0.3) is 10.8 Å². The number of amides is 2. The van der Waals surface area contributed by atoms with Crippen molar-refractivity contribution in [2.45, 2.75) is 31.7 Å². The molecule has 0 saturated heterocycles. The summed E-state index contributed by atoms with van der Waals surface area (Å²) in [5.74, 6) is -0.278. The van der Waals surface area contributed by atoms with Crippen LogP contribution in [0.1, 0.15) is 36.2 Å². The van der Waals surface area contributed by atoms with Crippen molar-refractivity contribution in [3.05, 3.63) is 29.5 Å². The van der Waals surface area contributed by atoms with Crippen molar-refractivity contribution in [3.63, 3.8) is 0 Å². The minimum atomic E-state index is -0.507. The lowest BCUT2D eigenvalue weighted by atomic mass is 10.2. The molecule has 0 aromatic carbocycles. The van der Waals surface area contributed by atoms with Crippen LogP contribution in [0, 0.1) is 0 Å². The Bertz CT molecular complexity index is 697. The Labute approximate surface area is 137 Å². The minimum Gasteiger partial charge on any atom is -0.368 e. The number of nitrogens with zero attached hydrogens (tertiary/aromatic N) is 4. The van der Waals surface area contributed by atoms with Crippen LogP contribution in [0.4, 0.5) is 0 Å². The van der Waals surface area contributed by atoms with Gasteiger partial charge in [-0.05, 0) is 18.9 Å². The first-order valence-electron chi connectivity index (χ1n) is 7.47. The molecule has 3 rings (SSSR count). The fourth-order valence-corrected chi connectivity index (χ4v) is 3.52. The molecule has 1 fully saturated rings. The van der Waals surface area contributed by atoms with E-state index in [0.29, 0.717) is 16.5 Å². The van der Waals surface area contributed by atoms with Crippen LogP contribution in [-0.4, -0.2) is 44.3 Å². The van der Waals surface area contributed by atoms with Crippen LogP contribution >= 0.6 is 11.3 Å². The molecule has 1 aliphatic carbocycles. The number of hydrogen-bond donors (Lipinski definition) is 1. The number of carbonyl (C=O) groups excluding carboxylic acids is 2. The number of nitrogens with two attached hydrogens (primary N) is 1. The van der Waals surface area contributed by atoms with Gasteiger partial charge in [0.25, 0.3) is 5.91 Å². The van der Waals surface area contributed by atoms with Gasteiger partial charge < -0.3 is 10.6 Å². The molecule has 2 aromatic rings. The van der Waals surface area contributed by atoms with Crippen molar-refractivity contribution < 1.29 is 9.59 Å². The van der Waals surface area contributed by atoms with Crippen molar-refractivity contribution in [2.24, 2.45) is 5.73 Å². The maximum absolute atomic E-state index is 12.7. The summed E-state index contributed by atoms with van der Waals surface area (Å²) in [5, 5.41) is 2.26. The first kappa shape index (κ1) is 15.5. The molecule has 1 saturated carbocycles. The van der Waals surface area contributed by atoms with E-state index in [1.165, 1.54) is 11.3 Å². The maximum atomic E-state index is 12.7. The lowest BCUT2D eigenvalue weighted by Gasteiger charge is -2.26. The van der Waals surface area contributed by atoms with Crippen molar-refractivity contribution >= 4 is 23.2 Å².